The number of fused-ring (bicyclic) bond motifs is 1. The average Bonchev–Trinajstić information content (AvgIpc) is 3.36. The Morgan fingerprint density at radius 1 is 1.10 bits per heavy atom. The Balaban J connectivity index is 1.66. The van der Waals surface area contributed by atoms with Gasteiger partial charge in [0.15, 0.2) is 11.5 Å². The fourth-order valence-electron chi connectivity index (χ4n) is 8.14. The van der Waals surface area contributed by atoms with Crippen molar-refractivity contribution in [1.82, 2.24) is 4.90 Å². The summed E-state index contributed by atoms with van der Waals surface area (Å²) in [6.07, 6.45) is 6.84. The number of nitrogens with zero attached hydrogens (tertiary/aromatic N) is 2. The van der Waals surface area contributed by atoms with E-state index in [2.05, 4.69) is 15.9 Å². The van der Waals surface area contributed by atoms with Crippen LogP contribution in [-0.4, -0.2) is 56.5 Å². The number of benzene rings is 1. The number of piperidine rings is 1. The normalized spacial score (nSPS) is 39.6. The molecule has 0 N–H and O–H groups in total. The first-order chi connectivity index (χ1) is 14.0. The molecule has 29 heavy (non-hydrogen) atoms. The number of carbonyl (C=O) groups is 1. The summed E-state index contributed by atoms with van der Waals surface area (Å²) in [5.41, 5.74) is 1.94. The topological polar surface area (TPSA) is 51.2 Å². The van der Waals surface area contributed by atoms with Crippen LogP contribution in [0, 0.1) is 5.41 Å². The highest BCUT2D eigenvalue weighted by Gasteiger charge is 2.79. The molecule has 6 nitrogen and oxygen atoms in total. The van der Waals surface area contributed by atoms with E-state index >= 15 is 0 Å². The van der Waals surface area contributed by atoms with Gasteiger partial charge in [0.1, 0.15) is 5.72 Å². The van der Waals surface area contributed by atoms with Crippen LogP contribution >= 0.6 is 0 Å². The zero-order chi connectivity index (χ0) is 20.0. The van der Waals surface area contributed by atoms with Crippen LogP contribution in [0.15, 0.2) is 12.1 Å². The van der Waals surface area contributed by atoms with Gasteiger partial charge >= 0.3 is 0 Å². The molecule has 6 rings (SSSR count). The lowest BCUT2D eigenvalue weighted by atomic mass is 9.50. The summed E-state index contributed by atoms with van der Waals surface area (Å²) >= 11 is 0. The van der Waals surface area contributed by atoms with Gasteiger partial charge in [-0.05, 0) is 50.2 Å². The molecule has 5 aliphatic rings. The second-order valence-electron chi connectivity index (χ2n) is 9.50. The maximum absolute atomic E-state index is 12.9. The number of hydrogen-bond acceptors (Lipinski definition) is 5. The molecule has 4 atom stereocenters. The van der Waals surface area contributed by atoms with Crippen molar-refractivity contribution in [1.29, 1.82) is 0 Å². The van der Waals surface area contributed by atoms with Crippen molar-refractivity contribution in [3.8, 4) is 11.5 Å². The monoisotopic (exact) mass is 398 g/mol. The summed E-state index contributed by atoms with van der Waals surface area (Å²) in [6, 6.07) is 4.30. The van der Waals surface area contributed by atoms with E-state index in [1.807, 2.05) is 6.07 Å². The van der Waals surface area contributed by atoms with Crippen LogP contribution < -0.4 is 14.4 Å². The van der Waals surface area contributed by atoms with E-state index in [-0.39, 0.29) is 28.5 Å². The molecule has 1 aromatic rings. The summed E-state index contributed by atoms with van der Waals surface area (Å²) in [5, 5.41) is 0. The summed E-state index contributed by atoms with van der Waals surface area (Å²) < 4.78 is 18.2. The van der Waals surface area contributed by atoms with Crippen LogP contribution in [0.25, 0.3) is 0 Å². The predicted molar refractivity (Wildman–Crippen MR) is 109 cm³/mol. The fourth-order valence-corrected chi connectivity index (χ4v) is 8.14. The molecule has 6 heteroatoms. The van der Waals surface area contributed by atoms with Gasteiger partial charge in [0, 0.05) is 38.1 Å². The highest BCUT2D eigenvalue weighted by molar-refractivity contribution is 5.97. The Kier molecular flexibility index (Phi) is 3.52. The molecule has 1 amide bonds. The third kappa shape index (κ3) is 1.77. The van der Waals surface area contributed by atoms with Gasteiger partial charge in [-0.25, -0.2) is 0 Å². The molecule has 1 aromatic carbocycles. The van der Waals surface area contributed by atoms with Gasteiger partial charge in [-0.2, -0.15) is 0 Å². The van der Waals surface area contributed by atoms with Gasteiger partial charge in [-0.3, -0.25) is 9.69 Å². The summed E-state index contributed by atoms with van der Waals surface area (Å²) in [4.78, 5) is 17.6. The van der Waals surface area contributed by atoms with Gasteiger partial charge in [0.25, 0.3) is 0 Å². The van der Waals surface area contributed by atoms with Crippen LogP contribution in [0.5, 0.6) is 11.5 Å². The number of methoxy groups -OCH3 is 2. The predicted octanol–water partition coefficient (Wildman–Crippen LogP) is 3.07. The van der Waals surface area contributed by atoms with E-state index in [1.165, 1.54) is 18.4 Å². The molecule has 0 bridgehead atoms. The quantitative estimate of drug-likeness (QED) is 0.766. The van der Waals surface area contributed by atoms with Gasteiger partial charge < -0.3 is 19.1 Å². The molecule has 4 fully saturated rings. The zero-order valence-corrected chi connectivity index (χ0v) is 17.6. The Hall–Kier alpha value is -1.79. The molecular weight excluding hydrogens is 368 g/mol. The van der Waals surface area contributed by atoms with E-state index in [9.17, 15) is 4.79 Å². The Morgan fingerprint density at radius 3 is 2.66 bits per heavy atom. The number of ether oxygens (including phenoxy) is 3. The standard InChI is InChI=1S/C23H30N2O4/c1-15(26)25-17-14-19(28-3)18(27-2)13-16(17)22-8-11-24-10-4-6-21(7-5-20(22)25)9-12-29-23(21,22)24/h13-14,20H,4-12H2,1-3H3. The third-order valence-corrected chi connectivity index (χ3v) is 8.88. The first kappa shape index (κ1) is 18.0. The molecule has 4 heterocycles. The van der Waals surface area contributed by atoms with Crippen LogP contribution in [-0.2, 0) is 14.9 Å². The SMILES string of the molecule is COc1cc2c(cc1OC)C13CCN4CCCC5(CCOC451)CCC3N2C(C)=O. The second kappa shape index (κ2) is 5.67. The van der Waals surface area contributed by atoms with Crippen molar-refractivity contribution in [3.05, 3.63) is 17.7 Å². The number of rotatable bonds is 2. The van der Waals surface area contributed by atoms with Gasteiger partial charge in [-0.15, -0.1) is 0 Å². The van der Waals surface area contributed by atoms with Gasteiger partial charge in [0.05, 0.1) is 31.4 Å². The molecule has 0 aromatic heterocycles. The van der Waals surface area contributed by atoms with E-state index in [4.69, 9.17) is 14.2 Å². The largest absolute Gasteiger partial charge is 0.493 e. The average molecular weight is 399 g/mol. The van der Waals surface area contributed by atoms with Crippen molar-refractivity contribution >= 4 is 11.6 Å². The molecule has 4 unspecified atom stereocenters. The molecular formula is C23H30N2O4. The van der Waals surface area contributed by atoms with E-state index in [0.29, 0.717) is 5.75 Å². The smallest absolute Gasteiger partial charge is 0.224 e. The number of hydrogen-bond donors (Lipinski definition) is 0. The Bertz CT molecular complexity index is 903. The van der Waals surface area contributed by atoms with E-state index < -0.39 is 0 Å². The van der Waals surface area contributed by atoms with Crippen LogP contribution in [0.3, 0.4) is 0 Å². The molecule has 0 radical (unpaired) electrons. The lowest BCUT2D eigenvalue weighted by molar-refractivity contribution is -0.232. The molecule has 4 aliphatic heterocycles. The van der Waals surface area contributed by atoms with Crippen molar-refractivity contribution < 1.29 is 19.0 Å². The lowest BCUT2D eigenvalue weighted by Crippen LogP contribution is -2.73. The maximum Gasteiger partial charge on any atom is 0.224 e. The minimum absolute atomic E-state index is 0.108. The lowest BCUT2D eigenvalue weighted by Gasteiger charge is -2.62. The van der Waals surface area contributed by atoms with E-state index in [0.717, 1.165) is 56.8 Å². The maximum atomic E-state index is 12.9. The highest BCUT2D eigenvalue weighted by Crippen LogP contribution is 2.73. The summed E-state index contributed by atoms with van der Waals surface area (Å²) in [6.45, 7) is 4.66. The van der Waals surface area contributed by atoms with Crippen molar-refractivity contribution in [2.45, 2.75) is 62.6 Å². The molecule has 3 saturated heterocycles. The number of amides is 1. The fraction of sp³-hybridized carbons (Fsp3) is 0.696. The van der Waals surface area contributed by atoms with Crippen LogP contribution in [0.1, 0.15) is 51.0 Å². The van der Waals surface area contributed by atoms with Crippen LogP contribution in [0.4, 0.5) is 5.69 Å². The first-order valence-electron chi connectivity index (χ1n) is 11.0. The number of anilines is 1. The molecule has 2 spiro atoms. The highest BCUT2D eigenvalue weighted by atomic mass is 16.5. The molecule has 1 aliphatic carbocycles. The van der Waals surface area contributed by atoms with Crippen molar-refractivity contribution in [2.75, 3.05) is 38.8 Å². The Morgan fingerprint density at radius 2 is 1.90 bits per heavy atom. The number of carbonyl (C=O) groups excluding carboxylic acids is 1. The first-order valence-corrected chi connectivity index (χ1v) is 11.0. The van der Waals surface area contributed by atoms with Crippen LogP contribution in [0.2, 0.25) is 0 Å². The third-order valence-electron chi connectivity index (χ3n) is 8.88. The minimum atomic E-state index is -0.292. The molecule has 1 saturated carbocycles. The summed E-state index contributed by atoms with van der Waals surface area (Å²) in [5.74, 6) is 1.53. The van der Waals surface area contributed by atoms with Gasteiger partial charge in [0.2, 0.25) is 5.91 Å². The van der Waals surface area contributed by atoms with E-state index in [1.54, 1.807) is 21.1 Å². The van der Waals surface area contributed by atoms with Crippen molar-refractivity contribution in [3.63, 3.8) is 0 Å². The van der Waals surface area contributed by atoms with Gasteiger partial charge in [-0.1, -0.05) is 0 Å². The minimum Gasteiger partial charge on any atom is -0.493 e. The van der Waals surface area contributed by atoms with Crippen molar-refractivity contribution in [2.24, 2.45) is 5.41 Å². The second-order valence-corrected chi connectivity index (χ2v) is 9.50. The Labute approximate surface area is 172 Å². The summed E-state index contributed by atoms with van der Waals surface area (Å²) in [7, 11) is 3.35. The zero-order valence-electron chi connectivity index (χ0n) is 17.6. The molecule has 156 valence electrons.